The van der Waals surface area contributed by atoms with Gasteiger partial charge in [-0.05, 0) is 38.6 Å². The van der Waals surface area contributed by atoms with Crippen molar-refractivity contribution in [3.63, 3.8) is 0 Å². The van der Waals surface area contributed by atoms with Crippen molar-refractivity contribution in [1.82, 2.24) is 4.90 Å². The van der Waals surface area contributed by atoms with E-state index in [1.54, 1.807) is 4.90 Å². The Bertz CT molecular complexity index is 418. The molecule has 0 aliphatic carbocycles. The van der Waals surface area contributed by atoms with Gasteiger partial charge in [-0.1, -0.05) is 18.2 Å². The van der Waals surface area contributed by atoms with Crippen LogP contribution in [0.25, 0.3) is 0 Å². The molecule has 0 saturated heterocycles. The topological polar surface area (TPSA) is 32.8 Å². The Labute approximate surface area is 108 Å². The molecule has 0 atom stereocenters. The van der Waals surface area contributed by atoms with Gasteiger partial charge in [0.2, 0.25) is 0 Å². The fourth-order valence-electron chi connectivity index (χ4n) is 2.12. The molecule has 0 fully saturated rings. The zero-order valence-electron chi connectivity index (χ0n) is 11.1. The summed E-state index contributed by atoms with van der Waals surface area (Å²) in [5.74, 6) is 0. The van der Waals surface area contributed by atoms with E-state index in [-0.39, 0.29) is 6.09 Å². The lowest BCUT2D eigenvalue weighted by Crippen LogP contribution is -2.37. The molecule has 1 aromatic rings. The molecule has 0 saturated carbocycles. The number of carbonyl (C=O) groups is 1. The molecule has 98 valence electrons. The Morgan fingerprint density at radius 1 is 1.39 bits per heavy atom. The molecule has 0 unspecified atom stereocenters. The molecule has 1 heterocycles. The Kier molecular flexibility index (Phi) is 4.20. The van der Waals surface area contributed by atoms with Crippen molar-refractivity contribution < 1.29 is 9.53 Å². The first-order valence-corrected chi connectivity index (χ1v) is 6.35. The zero-order chi connectivity index (χ0) is 13.0. The van der Waals surface area contributed by atoms with Crippen LogP contribution in [0.1, 0.15) is 12.0 Å². The summed E-state index contributed by atoms with van der Waals surface area (Å²) in [5.41, 5.74) is 2.23. The minimum absolute atomic E-state index is 0.232. The number of amides is 1. The molecule has 0 spiro atoms. The van der Waals surface area contributed by atoms with Crippen LogP contribution in [0.15, 0.2) is 24.3 Å². The van der Waals surface area contributed by atoms with Crippen LogP contribution in [-0.4, -0.2) is 44.8 Å². The molecule has 1 aliphatic rings. The number of hydrogen-bond donors (Lipinski definition) is 0. The van der Waals surface area contributed by atoms with E-state index < -0.39 is 0 Å². The predicted octanol–water partition coefficient (Wildman–Crippen LogP) is 2.14. The Balaban J connectivity index is 1.99. The van der Waals surface area contributed by atoms with E-state index >= 15 is 0 Å². The van der Waals surface area contributed by atoms with E-state index in [1.165, 1.54) is 5.56 Å². The van der Waals surface area contributed by atoms with Crippen LogP contribution in [0.2, 0.25) is 0 Å². The van der Waals surface area contributed by atoms with Gasteiger partial charge in [0.25, 0.3) is 0 Å². The first kappa shape index (κ1) is 12.9. The lowest BCUT2D eigenvalue weighted by atomic mass is 10.0. The van der Waals surface area contributed by atoms with E-state index in [0.29, 0.717) is 6.61 Å². The fraction of sp³-hybridized carbons (Fsp3) is 0.500. The lowest BCUT2D eigenvalue weighted by molar-refractivity contribution is 0.143. The van der Waals surface area contributed by atoms with Gasteiger partial charge in [-0.2, -0.15) is 0 Å². The fourth-order valence-corrected chi connectivity index (χ4v) is 2.12. The molecule has 0 bridgehead atoms. The van der Waals surface area contributed by atoms with E-state index in [0.717, 1.165) is 31.6 Å². The number of benzene rings is 1. The molecule has 0 N–H and O–H groups in total. The predicted molar refractivity (Wildman–Crippen MR) is 72.0 cm³/mol. The maximum Gasteiger partial charge on any atom is 0.414 e. The van der Waals surface area contributed by atoms with Crippen LogP contribution >= 0.6 is 0 Å². The third-order valence-electron chi connectivity index (χ3n) is 3.09. The average Bonchev–Trinajstić information content (AvgIpc) is 2.37. The zero-order valence-corrected chi connectivity index (χ0v) is 11.1. The SMILES string of the molecule is CN(C)CCOC(=O)N1CCCc2ccccc21. The number of hydrogen-bond acceptors (Lipinski definition) is 3. The van der Waals surface area contributed by atoms with Gasteiger partial charge in [-0.15, -0.1) is 0 Å². The van der Waals surface area contributed by atoms with Gasteiger partial charge in [0.05, 0.1) is 5.69 Å². The molecule has 0 radical (unpaired) electrons. The lowest BCUT2D eigenvalue weighted by Gasteiger charge is -2.28. The molecule has 4 nitrogen and oxygen atoms in total. The van der Waals surface area contributed by atoms with Crippen molar-refractivity contribution >= 4 is 11.8 Å². The number of para-hydroxylation sites is 1. The second kappa shape index (κ2) is 5.87. The summed E-state index contributed by atoms with van der Waals surface area (Å²) < 4.78 is 5.29. The van der Waals surface area contributed by atoms with E-state index in [9.17, 15) is 4.79 Å². The normalized spacial score (nSPS) is 14.5. The molecule has 1 amide bonds. The smallest absolute Gasteiger partial charge is 0.414 e. The molecule has 18 heavy (non-hydrogen) atoms. The molecular formula is C14H20N2O2. The Morgan fingerprint density at radius 3 is 2.94 bits per heavy atom. The van der Waals surface area contributed by atoms with Crippen molar-refractivity contribution in [1.29, 1.82) is 0 Å². The number of rotatable bonds is 3. The minimum Gasteiger partial charge on any atom is -0.448 e. The molecule has 2 rings (SSSR count). The van der Waals surface area contributed by atoms with E-state index in [4.69, 9.17) is 4.74 Å². The number of carbonyl (C=O) groups excluding carboxylic acids is 1. The molecule has 4 heteroatoms. The van der Waals surface area contributed by atoms with Gasteiger partial charge in [-0.25, -0.2) is 4.79 Å². The van der Waals surface area contributed by atoms with Crippen LogP contribution < -0.4 is 4.90 Å². The average molecular weight is 248 g/mol. The minimum atomic E-state index is -0.232. The summed E-state index contributed by atoms with van der Waals surface area (Å²) in [6.45, 7) is 1.93. The number of likely N-dealkylation sites (N-methyl/N-ethyl adjacent to an activating group) is 1. The maximum atomic E-state index is 12.0. The standard InChI is InChI=1S/C14H20N2O2/c1-15(2)10-11-18-14(17)16-9-5-7-12-6-3-4-8-13(12)16/h3-4,6,8H,5,7,9-11H2,1-2H3. The summed E-state index contributed by atoms with van der Waals surface area (Å²) in [6, 6.07) is 8.04. The van der Waals surface area contributed by atoms with Gasteiger partial charge in [-0.3, -0.25) is 4.90 Å². The number of nitrogens with zero attached hydrogens (tertiary/aromatic N) is 2. The van der Waals surface area contributed by atoms with Crippen LogP contribution in [-0.2, 0) is 11.2 Å². The van der Waals surface area contributed by atoms with Gasteiger partial charge >= 0.3 is 6.09 Å². The summed E-state index contributed by atoms with van der Waals surface area (Å²) in [5, 5.41) is 0. The van der Waals surface area contributed by atoms with Crippen LogP contribution in [0.3, 0.4) is 0 Å². The number of aryl methyl sites for hydroxylation is 1. The summed E-state index contributed by atoms with van der Waals surface area (Å²) in [7, 11) is 3.92. The molecule has 1 aromatic carbocycles. The quantitative estimate of drug-likeness (QED) is 0.821. The van der Waals surface area contributed by atoms with E-state index in [1.807, 2.05) is 37.2 Å². The summed E-state index contributed by atoms with van der Waals surface area (Å²) in [6.07, 6.45) is 1.81. The first-order valence-electron chi connectivity index (χ1n) is 6.35. The number of ether oxygens (including phenoxy) is 1. The highest BCUT2D eigenvalue weighted by molar-refractivity contribution is 5.89. The van der Waals surface area contributed by atoms with Crippen molar-refractivity contribution in [3.8, 4) is 0 Å². The Morgan fingerprint density at radius 2 is 2.17 bits per heavy atom. The van der Waals surface area contributed by atoms with Crippen molar-refractivity contribution in [2.45, 2.75) is 12.8 Å². The highest BCUT2D eigenvalue weighted by Gasteiger charge is 2.22. The maximum absolute atomic E-state index is 12.0. The van der Waals surface area contributed by atoms with Crippen LogP contribution in [0.5, 0.6) is 0 Å². The molecule has 1 aliphatic heterocycles. The second-order valence-electron chi connectivity index (χ2n) is 4.80. The largest absolute Gasteiger partial charge is 0.448 e. The Hall–Kier alpha value is -1.55. The summed E-state index contributed by atoms with van der Waals surface area (Å²) in [4.78, 5) is 15.8. The van der Waals surface area contributed by atoms with Crippen molar-refractivity contribution in [2.75, 3.05) is 38.7 Å². The highest BCUT2D eigenvalue weighted by Crippen LogP contribution is 2.26. The highest BCUT2D eigenvalue weighted by atomic mass is 16.6. The van der Waals surface area contributed by atoms with Gasteiger partial charge in [0.15, 0.2) is 0 Å². The van der Waals surface area contributed by atoms with Gasteiger partial charge in [0.1, 0.15) is 6.61 Å². The van der Waals surface area contributed by atoms with E-state index in [2.05, 4.69) is 6.07 Å². The number of anilines is 1. The first-order chi connectivity index (χ1) is 8.68. The van der Waals surface area contributed by atoms with Crippen LogP contribution in [0.4, 0.5) is 10.5 Å². The monoisotopic (exact) mass is 248 g/mol. The number of fused-ring (bicyclic) bond motifs is 1. The van der Waals surface area contributed by atoms with Crippen molar-refractivity contribution in [3.05, 3.63) is 29.8 Å². The van der Waals surface area contributed by atoms with Gasteiger partial charge in [0, 0.05) is 13.1 Å². The molecule has 0 aromatic heterocycles. The van der Waals surface area contributed by atoms with Crippen molar-refractivity contribution in [2.24, 2.45) is 0 Å². The second-order valence-corrected chi connectivity index (χ2v) is 4.80. The third kappa shape index (κ3) is 3.01. The third-order valence-corrected chi connectivity index (χ3v) is 3.09. The van der Waals surface area contributed by atoms with Crippen LogP contribution in [0, 0.1) is 0 Å². The summed E-state index contributed by atoms with van der Waals surface area (Å²) >= 11 is 0. The van der Waals surface area contributed by atoms with Gasteiger partial charge < -0.3 is 9.64 Å². The molecular weight excluding hydrogens is 228 g/mol.